The molecular weight excluding hydrogens is 352 g/mol. The average molecular weight is 374 g/mol. The number of hydrogen-bond donors (Lipinski definition) is 2. The molecule has 0 saturated heterocycles. The van der Waals surface area contributed by atoms with Crippen LogP contribution >= 0.6 is 0 Å². The fourth-order valence-electron chi connectivity index (χ4n) is 2.52. The quantitative estimate of drug-likeness (QED) is 0.578. The molecule has 0 fully saturated rings. The maximum atomic E-state index is 12.5. The molecule has 6 heteroatoms. The van der Waals surface area contributed by atoms with E-state index in [-0.39, 0.29) is 5.91 Å². The third-order valence-electron chi connectivity index (χ3n) is 3.86. The number of carbonyl (C=O) groups excluding carboxylic acids is 1. The smallest absolute Gasteiger partial charge is 0.274 e. The zero-order valence-corrected chi connectivity index (χ0v) is 15.7. The lowest BCUT2D eigenvalue weighted by Crippen LogP contribution is -2.15. The second-order valence-electron chi connectivity index (χ2n) is 6.11. The van der Waals surface area contributed by atoms with Crippen LogP contribution in [0, 0.1) is 6.92 Å². The van der Waals surface area contributed by atoms with E-state index < -0.39 is 0 Å². The van der Waals surface area contributed by atoms with Gasteiger partial charge in [-0.15, -0.1) is 6.58 Å². The number of hydrogen-bond acceptors (Lipinski definition) is 5. The van der Waals surface area contributed by atoms with Crippen LogP contribution in [0.3, 0.4) is 0 Å². The van der Waals surface area contributed by atoms with Crippen LogP contribution in [0.4, 0.5) is 11.5 Å². The van der Waals surface area contributed by atoms with E-state index in [1.165, 1.54) is 0 Å². The predicted molar refractivity (Wildman–Crippen MR) is 111 cm³/mol. The number of nitrogens with one attached hydrogen (secondary N) is 2. The van der Waals surface area contributed by atoms with Crippen molar-refractivity contribution < 1.29 is 9.53 Å². The van der Waals surface area contributed by atoms with Crippen LogP contribution in [0.25, 0.3) is 0 Å². The molecule has 142 valence electrons. The number of amides is 1. The van der Waals surface area contributed by atoms with Gasteiger partial charge in [0.2, 0.25) is 0 Å². The van der Waals surface area contributed by atoms with E-state index in [9.17, 15) is 4.79 Å². The van der Waals surface area contributed by atoms with Gasteiger partial charge in [0.25, 0.3) is 5.91 Å². The Balaban J connectivity index is 1.61. The molecule has 1 amide bonds. The average Bonchev–Trinajstić information content (AvgIpc) is 2.72. The van der Waals surface area contributed by atoms with Gasteiger partial charge in [-0.3, -0.25) is 4.79 Å². The first-order valence-electron chi connectivity index (χ1n) is 8.92. The highest BCUT2D eigenvalue weighted by Crippen LogP contribution is 2.18. The molecule has 6 nitrogen and oxygen atoms in total. The van der Waals surface area contributed by atoms with Gasteiger partial charge in [0.1, 0.15) is 29.7 Å². The zero-order valence-electron chi connectivity index (χ0n) is 15.7. The minimum absolute atomic E-state index is 0.295. The van der Waals surface area contributed by atoms with Gasteiger partial charge in [0.15, 0.2) is 0 Å². The van der Waals surface area contributed by atoms with E-state index in [4.69, 9.17) is 4.74 Å². The minimum atomic E-state index is -0.301. The normalized spacial score (nSPS) is 10.2. The van der Waals surface area contributed by atoms with Gasteiger partial charge < -0.3 is 15.4 Å². The summed E-state index contributed by atoms with van der Waals surface area (Å²) in [5, 5.41) is 5.90. The van der Waals surface area contributed by atoms with Crippen LogP contribution in [0.5, 0.6) is 5.75 Å². The summed E-state index contributed by atoms with van der Waals surface area (Å²) in [6, 6.07) is 18.8. The number of carbonyl (C=O) groups is 1. The molecular formula is C22H22N4O2. The monoisotopic (exact) mass is 374 g/mol. The van der Waals surface area contributed by atoms with Crippen molar-refractivity contribution >= 4 is 17.4 Å². The highest BCUT2D eigenvalue weighted by Gasteiger charge is 2.11. The van der Waals surface area contributed by atoms with Gasteiger partial charge in [-0.05, 0) is 36.8 Å². The van der Waals surface area contributed by atoms with Crippen molar-refractivity contribution in [3.63, 3.8) is 0 Å². The lowest BCUT2D eigenvalue weighted by atomic mass is 10.2. The Hall–Kier alpha value is -3.67. The SMILES string of the molecule is C=CCNc1cc(C(=O)Nc2ccc(OCc3ccccc3)cc2)nc(C)n1. The molecule has 0 atom stereocenters. The standard InChI is InChI=1S/C22H22N4O2/c1-3-13-23-21-14-20(24-16(2)25-21)22(27)26-18-9-11-19(12-10-18)28-15-17-7-5-4-6-8-17/h3-12,14H,1,13,15H2,2H3,(H,26,27)(H,23,24,25). The highest BCUT2D eigenvalue weighted by molar-refractivity contribution is 6.03. The number of rotatable bonds is 8. The molecule has 28 heavy (non-hydrogen) atoms. The number of benzene rings is 2. The molecule has 3 aromatic rings. The van der Waals surface area contributed by atoms with Crippen LogP contribution in [-0.4, -0.2) is 22.4 Å². The van der Waals surface area contributed by atoms with E-state index in [1.807, 2.05) is 42.5 Å². The molecule has 2 N–H and O–H groups in total. The van der Waals surface area contributed by atoms with Crippen LogP contribution < -0.4 is 15.4 Å². The summed E-state index contributed by atoms with van der Waals surface area (Å²) in [5.74, 6) is 1.53. The summed E-state index contributed by atoms with van der Waals surface area (Å²) < 4.78 is 5.76. The molecule has 2 aromatic carbocycles. The van der Waals surface area contributed by atoms with Crippen LogP contribution in [-0.2, 0) is 6.61 Å². The van der Waals surface area contributed by atoms with Crippen molar-refractivity contribution in [3.8, 4) is 5.75 Å². The minimum Gasteiger partial charge on any atom is -0.489 e. The van der Waals surface area contributed by atoms with Crippen molar-refractivity contribution in [2.75, 3.05) is 17.2 Å². The van der Waals surface area contributed by atoms with Gasteiger partial charge in [-0.1, -0.05) is 36.4 Å². The Morgan fingerprint density at radius 2 is 1.86 bits per heavy atom. The number of nitrogens with zero attached hydrogens (tertiary/aromatic N) is 2. The summed E-state index contributed by atoms with van der Waals surface area (Å²) in [6.07, 6.45) is 1.72. The summed E-state index contributed by atoms with van der Waals surface area (Å²) >= 11 is 0. The second-order valence-corrected chi connectivity index (χ2v) is 6.11. The van der Waals surface area contributed by atoms with Crippen molar-refractivity contribution in [2.24, 2.45) is 0 Å². The Labute approximate surface area is 164 Å². The second kappa shape index (κ2) is 9.32. The molecule has 0 aliphatic rings. The molecule has 0 aliphatic carbocycles. The lowest BCUT2D eigenvalue weighted by Gasteiger charge is -2.09. The lowest BCUT2D eigenvalue weighted by molar-refractivity contribution is 0.102. The summed E-state index contributed by atoms with van der Waals surface area (Å²) in [4.78, 5) is 21.0. The molecule has 1 heterocycles. The largest absolute Gasteiger partial charge is 0.489 e. The first kappa shape index (κ1) is 19.1. The van der Waals surface area contributed by atoms with Gasteiger partial charge in [0, 0.05) is 18.3 Å². The third-order valence-corrected chi connectivity index (χ3v) is 3.86. The maximum absolute atomic E-state index is 12.5. The Kier molecular flexibility index (Phi) is 6.36. The number of aryl methyl sites for hydroxylation is 1. The predicted octanol–water partition coefficient (Wildman–Crippen LogP) is 4.21. The first-order chi connectivity index (χ1) is 13.6. The molecule has 0 radical (unpaired) electrons. The van der Waals surface area contributed by atoms with Gasteiger partial charge in [0.05, 0.1) is 0 Å². The topological polar surface area (TPSA) is 76.1 Å². The van der Waals surface area contributed by atoms with Gasteiger partial charge >= 0.3 is 0 Å². The molecule has 3 rings (SSSR count). The Bertz CT molecular complexity index is 941. The molecule has 0 bridgehead atoms. The van der Waals surface area contributed by atoms with E-state index in [0.29, 0.717) is 36.2 Å². The third kappa shape index (κ3) is 5.41. The van der Waals surface area contributed by atoms with Crippen molar-refractivity contribution in [1.82, 2.24) is 9.97 Å². The Morgan fingerprint density at radius 1 is 1.11 bits per heavy atom. The molecule has 1 aromatic heterocycles. The van der Waals surface area contributed by atoms with Crippen molar-refractivity contribution in [3.05, 3.63) is 90.4 Å². The zero-order chi connectivity index (χ0) is 19.8. The van der Waals surface area contributed by atoms with Gasteiger partial charge in [-0.25, -0.2) is 9.97 Å². The van der Waals surface area contributed by atoms with Gasteiger partial charge in [-0.2, -0.15) is 0 Å². The first-order valence-corrected chi connectivity index (χ1v) is 8.92. The summed E-state index contributed by atoms with van der Waals surface area (Å²) in [7, 11) is 0. The van der Waals surface area contributed by atoms with E-state index in [2.05, 4.69) is 27.2 Å². The van der Waals surface area contributed by atoms with Crippen LogP contribution in [0.1, 0.15) is 21.9 Å². The van der Waals surface area contributed by atoms with Crippen LogP contribution in [0.2, 0.25) is 0 Å². The van der Waals surface area contributed by atoms with Crippen LogP contribution in [0.15, 0.2) is 73.3 Å². The molecule has 0 unspecified atom stereocenters. The number of aromatic nitrogens is 2. The highest BCUT2D eigenvalue weighted by atomic mass is 16.5. The van der Waals surface area contributed by atoms with E-state index in [0.717, 1.165) is 11.3 Å². The van der Waals surface area contributed by atoms with Crippen molar-refractivity contribution in [2.45, 2.75) is 13.5 Å². The van der Waals surface area contributed by atoms with E-state index >= 15 is 0 Å². The Morgan fingerprint density at radius 3 is 2.57 bits per heavy atom. The fourth-order valence-corrected chi connectivity index (χ4v) is 2.52. The maximum Gasteiger partial charge on any atom is 0.274 e. The fraction of sp³-hybridized carbons (Fsp3) is 0.136. The number of anilines is 2. The van der Waals surface area contributed by atoms with Crippen molar-refractivity contribution in [1.29, 1.82) is 0 Å². The summed E-state index contributed by atoms with van der Waals surface area (Å²) in [5.41, 5.74) is 2.05. The summed E-state index contributed by atoms with van der Waals surface area (Å²) in [6.45, 7) is 6.45. The molecule has 0 spiro atoms. The molecule has 0 saturated carbocycles. The molecule has 0 aliphatic heterocycles. The number of ether oxygens (including phenoxy) is 1. The van der Waals surface area contributed by atoms with E-state index in [1.54, 1.807) is 31.2 Å².